The zero-order valence-corrected chi connectivity index (χ0v) is 11.3. The summed E-state index contributed by atoms with van der Waals surface area (Å²) >= 11 is 0. The number of epoxide rings is 1. The number of ether oxygens (including phenoxy) is 5. The first-order chi connectivity index (χ1) is 9.17. The highest BCUT2D eigenvalue weighted by molar-refractivity contribution is 5.77. The molecule has 0 radical (unpaired) electrons. The van der Waals surface area contributed by atoms with E-state index in [0.717, 1.165) is 0 Å². The van der Waals surface area contributed by atoms with Crippen molar-refractivity contribution in [1.82, 2.24) is 0 Å². The third kappa shape index (κ3) is 2.52. The Labute approximate surface area is 114 Å². The Balaban J connectivity index is 1.75. The lowest BCUT2D eigenvalue weighted by Gasteiger charge is -2.25. The van der Waals surface area contributed by atoms with Crippen LogP contribution in [0.25, 0.3) is 0 Å². The number of rotatable bonds is 3. The van der Waals surface area contributed by atoms with Crippen molar-refractivity contribution in [3.8, 4) is 0 Å². The second-order valence-corrected chi connectivity index (χ2v) is 5.70. The number of halogens is 2. The van der Waals surface area contributed by atoms with E-state index in [2.05, 4.69) is 0 Å². The number of carbonyl (C=O) groups is 1. The molecule has 114 valence electrons. The molecule has 0 amide bonds. The first kappa shape index (κ1) is 14.1. The Morgan fingerprint density at radius 2 is 1.95 bits per heavy atom. The number of carbonyl (C=O) groups excluding carboxylic acids is 1. The fourth-order valence-electron chi connectivity index (χ4n) is 2.41. The molecular formula is C12H16F2O6. The summed E-state index contributed by atoms with van der Waals surface area (Å²) in [6.45, 7) is 4.26. The SMILES string of the molecule is CC1(C)OC2OC(C3CO3)C(OC(=O)C(C)(F)F)C2O1. The van der Waals surface area contributed by atoms with Crippen molar-refractivity contribution >= 4 is 5.97 Å². The van der Waals surface area contributed by atoms with Gasteiger partial charge in [0.25, 0.3) is 0 Å². The molecule has 3 rings (SSSR count). The summed E-state index contributed by atoms with van der Waals surface area (Å²) in [6.07, 6.45) is -3.37. The van der Waals surface area contributed by atoms with Gasteiger partial charge in [-0.05, 0) is 13.8 Å². The van der Waals surface area contributed by atoms with Gasteiger partial charge in [-0.1, -0.05) is 0 Å². The highest BCUT2D eigenvalue weighted by atomic mass is 19.3. The fourth-order valence-corrected chi connectivity index (χ4v) is 2.41. The highest BCUT2D eigenvalue weighted by Gasteiger charge is 2.61. The zero-order valence-electron chi connectivity index (χ0n) is 11.3. The molecule has 0 bridgehead atoms. The molecule has 0 aromatic carbocycles. The summed E-state index contributed by atoms with van der Waals surface area (Å²) in [6, 6.07) is 0. The van der Waals surface area contributed by atoms with E-state index < -0.39 is 42.3 Å². The summed E-state index contributed by atoms with van der Waals surface area (Å²) in [5.74, 6) is -6.09. The van der Waals surface area contributed by atoms with Gasteiger partial charge < -0.3 is 23.7 Å². The van der Waals surface area contributed by atoms with Gasteiger partial charge in [0, 0.05) is 6.92 Å². The molecule has 0 N–H and O–H groups in total. The summed E-state index contributed by atoms with van der Waals surface area (Å²) < 4.78 is 52.6. The third-order valence-corrected chi connectivity index (χ3v) is 3.35. The Kier molecular flexibility index (Phi) is 3.06. The average Bonchev–Trinajstić information content (AvgIpc) is 3.01. The maximum atomic E-state index is 13.0. The Morgan fingerprint density at radius 3 is 2.50 bits per heavy atom. The van der Waals surface area contributed by atoms with Crippen LogP contribution >= 0.6 is 0 Å². The van der Waals surface area contributed by atoms with Crippen molar-refractivity contribution in [2.24, 2.45) is 0 Å². The van der Waals surface area contributed by atoms with Crippen LogP contribution in [0.5, 0.6) is 0 Å². The van der Waals surface area contributed by atoms with Crippen LogP contribution in [0.4, 0.5) is 8.78 Å². The van der Waals surface area contributed by atoms with Crippen LogP contribution in [0.2, 0.25) is 0 Å². The van der Waals surface area contributed by atoms with Gasteiger partial charge in [-0.3, -0.25) is 0 Å². The van der Waals surface area contributed by atoms with E-state index in [1.807, 2.05) is 0 Å². The number of hydrogen-bond donors (Lipinski definition) is 0. The highest BCUT2D eigenvalue weighted by Crippen LogP contribution is 2.42. The lowest BCUT2D eigenvalue weighted by Crippen LogP contribution is -2.43. The second-order valence-electron chi connectivity index (χ2n) is 5.70. The molecule has 0 spiro atoms. The van der Waals surface area contributed by atoms with E-state index >= 15 is 0 Å². The second kappa shape index (κ2) is 4.33. The van der Waals surface area contributed by atoms with Crippen molar-refractivity contribution in [3.05, 3.63) is 0 Å². The standard InChI is InChI=1S/C12H16F2O6/c1-11(2)19-8-7(18-10(15)12(3,13)14)6(5-4-16-5)17-9(8)20-11/h5-9H,4H2,1-3H3. The molecule has 0 saturated carbocycles. The van der Waals surface area contributed by atoms with E-state index in [4.69, 9.17) is 23.7 Å². The Hall–Kier alpha value is -0.830. The van der Waals surface area contributed by atoms with Crippen molar-refractivity contribution in [2.45, 2.75) is 63.2 Å². The number of alkyl halides is 2. The maximum Gasteiger partial charge on any atom is 0.377 e. The maximum absolute atomic E-state index is 13.0. The molecule has 0 aliphatic carbocycles. The fraction of sp³-hybridized carbons (Fsp3) is 0.917. The molecular weight excluding hydrogens is 278 g/mol. The van der Waals surface area contributed by atoms with Gasteiger partial charge in [-0.2, -0.15) is 8.78 Å². The van der Waals surface area contributed by atoms with E-state index in [-0.39, 0.29) is 6.10 Å². The van der Waals surface area contributed by atoms with Gasteiger partial charge in [0.1, 0.15) is 12.2 Å². The quantitative estimate of drug-likeness (QED) is 0.567. The minimum Gasteiger partial charge on any atom is -0.452 e. The van der Waals surface area contributed by atoms with Crippen LogP contribution in [-0.4, -0.2) is 55.0 Å². The smallest absolute Gasteiger partial charge is 0.377 e. The molecule has 3 aliphatic rings. The first-order valence-corrected chi connectivity index (χ1v) is 6.39. The van der Waals surface area contributed by atoms with Crippen molar-refractivity contribution in [3.63, 3.8) is 0 Å². The molecule has 3 fully saturated rings. The van der Waals surface area contributed by atoms with Gasteiger partial charge in [-0.25, -0.2) is 4.79 Å². The molecule has 0 aromatic heterocycles. The summed E-state index contributed by atoms with van der Waals surface area (Å²) in [7, 11) is 0. The normalized spacial score (nSPS) is 42.4. The Morgan fingerprint density at radius 1 is 1.30 bits per heavy atom. The van der Waals surface area contributed by atoms with E-state index in [1.54, 1.807) is 13.8 Å². The predicted octanol–water partition coefficient (Wildman–Crippen LogP) is 0.829. The lowest BCUT2D eigenvalue weighted by molar-refractivity contribution is -0.224. The van der Waals surface area contributed by atoms with E-state index in [1.165, 1.54) is 0 Å². The van der Waals surface area contributed by atoms with Crippen LogP contribution in [0.1, 0.15) is 20.8 Å². The number of hydrogen-bond acceptors (Lipinski definition) is 6. The first-order valence-electron chi connectivity index (χ1n) is 6.39. The van der Waals surface area contributed by atoms with Crippen LogP contribution in [0.15, 0.2) is 0 Å². The predicted molar refractivity (Wildman–Crippen MR) is 58.9 cm³/mol. The molecule has 20 heavy (non-hydrogen) atoms. The molecule has 3 aliphatic heterocycles. The average molecular weight is 294 g/mol. The van der Waals surface area contributed by atoms with Gasteiger partial charge in [0.15, 0.2) is 24.3 Å². The molecule has 6 nitrogen and oxygen atoms in total. The van der Waals surface area contributed by atoms with Crippen molar-refractivity contribution < 1.29 is 37.3 Å². The number of esters is 1. The van der Waals surface area contributed by atoms with Crippen LogP contribution in [0, 0.1) is 0 Å². The van der Waals surface area contributed by atoms with Gasteiger partial charge in [0.2, 0.25) is 0 Å². The molecule has 8 heteroatoms. The molecule has 5 atom stereocenters. The van der Waals surface area contributed by atoms with E-state index in [0.29, 0.717) is 13.5 Å². The number of fused-ring (bicyclic) bond motifs is 1. The van der Waals surface area contributed by atoms with Crippen LogP contribution in [-0.2, 0) is 28.5 Å². The third-order valence-electron chi connectivity index (χ3n) is 3.35. The Bertz CT molecular complexity index is 417. The van der Waals surface area contributed by atoms with Gasteiger partial charge in [-0.15, -0.1) is 0 Å². The largest absolute Gasteiger partial charge is 0.452 e. The van der Waals surface area contributed by atoms with Crippen LogP contribution in [0.3, 0.4) is 0 Å². The monoisotopic (exact) mass is 294 g/mol. The molecule has 3 heterocycles. The lowest BCUT2D eigenvalue weighted by atomic mass is 10.1. The van der Waals surface area contributed by atoms with Crippen molar-refractivity contribution in [2.75, 3.05) is 6.61 Å². The topological polar surface area (TPSA) is 66.5 Å². The van der Waals surface area contributed by atoms with Crippen LogP contribution < -0.4 is 0 Å². The summed E-state index contributed by atoms with van der Waals surface area (Å²) in [5.41, 5.74) is 0. The minimum atomic E-state index is -3.57. The molecule has 3 saturated heterocycles. The van der Waals surface area contributed by atoms with Crippen molar-refractivity contribution in [1.29, 1.82) is 0 Å². The van der Waals surface area contributed by atoms with Gasteiger partial charge >= 0.3 is 11.9 Å². The molecule has 0 aromatic rings. The molecule has 5 unspecified atom stereocenters. The summed E-state index contributed by atoms with van der Waals surface area (Å²) in [4.78, 5) is 11.4. The minimum absolute atomic E-state index is 0.279. The summed E-state index contributed by atoms with van der Waals surface area (Å²) in [5, 5.41) is 0. The van der Waals surface area contributed by atoms with E-state index in [9.17, 15) is 13.6 Å². The zero-order chi connectivity index (χ0) is 14.7. The van der Waals surface area contributed by atoms with Gasteiger partial charge in [0.05, 0.1) is 6.61 Å².